The standard InChI is InChI=1S/C24H21Cl2FN2O3/c1-14-16(9-22(30)31)8-15-2-3-19(27)13-21(15)23(14)24(32)29-6-4-28(5-7-29)20-11-17(25)10-18(26)12-20/h2-3,8,10-13H,4-7,9H2,1H3,(H,30,31). The van der Waals surface area contributed by atoms with Crippen LogP contribution in [-0.2, 0) is 11.2 Å². The first-order chi connectivity index (χ1) is 15.2. The molecule has 1 aliphatic heterocycles. The Morgan fingerprint density at radius 2 is 1.66 bits per heavy atom. The summed E-state index contributed by atoms with van der Waals surface area (Å²) in [5.74, 6) is -1.66. The minimum absolute atomic E-state index is 0.206. The van der Waals surface area contributed by atoms with Crippen molar-refractivity contribution in [2.24, 2.45) is 0 Å². The Kier molecular flexibility index (Phi) is 6.26. The smallest absolute Gasteiger partial charge is 0.307 e. The van der Waals surface area contributed by atoms with Crippen LogP contribution in [0.25, 0.3) is 10.8 Å². The van der Waals surface area contributed by atoms with E-state index in [-0.39, 0.29) is 12.3 Å². The first kappa shape index (κ1) is 22.4. The van der Waals surface area contributed by atoms with E-state index in [0.29, 0.717) is 63.7 Å². The average Bonchev–Trinajstić information content (AvgIpc) is 2.73. The number of amides is 1. The van der Waals surface area contributed by atoms with Crippen molar-refractivity contribution in [1.29, 1.82) is 0 Å². The highest BCUT2D eigenvalue weighted by molar-refractivity contribution is 6.35. The molecule has 166 valence electrons. The number of carbonyl (C=O) groups is 2. The van der Waals surface area contributed by atoms with Gasteiger partial charge < -0.3 is 14.9 Å². The van der Waals surface area contributed by atoms with Gasteiger partial charge in [0.2, 0.25) is 0 Å². The van der Waals surface area contributed by atoms with E-state index in [9.17, 15) is 19.1 Å². The van der Waals surface area contributed by atoms with Crippen LogP contribution in [0.5, 0.6) is 0 Å². The van der Waals surface area contributed by atoms with Crippen LogP contribution >= 0.6 is 23.2 Å². The van der Waals surface area contributed by atoms with Crippen LogP contribution in [0.4, 0.5) is 10.1 Å². The van der Waals surface area contributed by atoms with Crippen molar-refractivity contribution in [2.45, 2.75) is 13.3 Å². The van der Waals surface area contributed by atoms with Gasteiger partial charge in [-0.2, -0.15) is 0 Å². The molecule has 3 aromatic rings. The molecule has 0 radical (unpaired) electrons. The second-order valence-electron chi connectivity index (χ2n) is 7.88. The molecule has 3 aromatic carbocycles. The van der Waals surface area contributed by atoms with E-state index in [2.05, 4.69) is 4.90 Å². The van der Waals surface area contributed by atoms with Crippen molar-refractivity contribution >= 4 is 51.5 Å². The fourth-order valence-corrected chi connectivity index (χ4v) is 4.71. The maximum atomic E-state index is 14.0. The van der Waals surface area contributed by atoms with Gasteiger partial charge in [-0.25, -0.2) is 4.39 Å². The van der Waals surface area contributed by atoms with E-state index >= 15 is 0 Å². The van der Waals surface area contributed by atoms with Gasteiger partial charge in [0.1, 0.15) is 5.82 Å². The number of hydrogen-bond acceptors (Lipinski definition) is 3. The molecule has 0 unspecified atom stereocenters. The molecule has 1 amide bonds. The summed E-state index contributed by atoms with van der Waals surface area (Å²) in [7, 11) is 0. The molecule has 5 nitrogen and oxygen atoms in total. The predicted octanol–water partition coefficient (Wildman–Crippen LogP) is 5.18. The van der Waals surface area contributed by atoms with Crippen LogP contribution in [0.15, 0.2) is 42.5 Å². The fourth-order valence-electron chi connectivity index (χ4n) is 4.20. The van der Waals surface area contributed by atoms with Gasteiger partial charge in [0.05, 0.1) is 12.0 Å². The molecule has 1 aliphatic rings. The average molecular weight is 475 g/mol. The summed E-state index contributed by atoms with van der Waals surface area (Å²) in [5.41, 5.74) is 2.37. The van der Waals surface area contributed by atoms with Crippen molar-refractivity contribution in [2.75, 3.05) is 31.1 Å². The Hall–Kier alpha value is -2.83. The Morgan fingerprint density at radius 1 is 1.00 bits per heavy atom. The lowest BCUT2D eigenvalue weighted by atomic mass is 9.92. The van der Waals surface area contributed by atoms with Gasteiger partial charge in [0, 0.05) is 41.9 Å². The summed E-state index contributed by atoms with van der Waals surface area (Å²) >= 11 is 12.2. The molecule has 0 aliphatic carbocycles. The van der Waals surface area contributed by atoms with Gasteiger partial charge in [-0.1, -0.05) is 35.3 Å². The number of carboxylic acid groups (broad SMARTS) is 1. The largest absolute Gasteiger partial charge is 0.481 e. The second-order valence-corrected chi connectivity index (χ2v) is 8.75. The van der Waals surface area contributed by atoms with Gasteiger partial charge in [-0.05, 0) is 59.2 Å². The number of carbonyl (C=O) groups excluding carboxylic acids is 1. The monoisotopic (exact) mass is 474 g/mol. The maximum absolute atomic E-state index is 14.0. The van der Waals surface area contributed by atoms with E-state index in [4.69, 9.17) is 23.2 Å². The number of carboxylic acids is 1. The lowest BCUT2D eigenvalue weighted by Crippen LogP contribution is -2.49. The minimum atomic E-state index is -0.984. The number of fused-ring (bicyclic) bond motifs is 1. The maximum Gasteiger partial charge on any atom is 0.307 e. The second kappa shape index (κ2) is 8.96. The van der Waals surface area contributed by atoms with Crippen molar-refractivity contribution in [3.8, 4) is 0 Å². The van der Waals surface area contributed by atoms with E-state index in [1.807, 2.05) is 12.1 Å². The minimum Gasteiger partial charge on any atom is -0.481 e. The van der Waals surface area contributed by atoms with Gasteiger partial charge in [-0.3, -0.25) is 9.59 Å². The fraction of sp³-hybridized carbons (Fsp3) is 0.250. The van der Waals surface area contributed by atoms with Crippen LogP contribution in [0.1, 0.15) is 21.5 Å². The zero-order valence-corrected chi connectivity index (χ0v) is 18.9. The Morgan fingerprint density at radius 3 is 2.28 bits per heavy atom. The molecule has 4 rings (SSSR count). The van der Waals surface area contributed by atoms with Crippen LogP contribution in [0.3, 0.4) is 0 Å². The third-order valence-electron chi connectivity index (χ3n) is 5.81. The van der Waals surface area contributed by atoms with E-state index in [1.54, 1.807) is 30.0 Å². The molecule has 32 heavy (non-hydrogen) atoms. The Bertz CT molecular complexity index is 1200. The third-order valence-corrected chi connectivity index (χ3v) is 6.24. The first-order valence-electron chi connectivity index (χ1n) is 10.2. The van der Waals surface area contributed by atoms with Crippen molar-refractivity contribution < 1.29 is 19.1 Å². The number of anilines is 1. The topological polar surface area (TPSA) is 60.9 Å². The quantitative estimate of drug-likeness (QED) is 0.565. The summed E-state index contributed by atoms with van der Waals surface area (Å²) < 4.78 is 14.0. The highest BCUT2D eigenvalue weighted by Gasteiger charge is 2.26. The molecule has 0 saturated carbocycles. The van der Waals surface area contributed by atoms with Gasteiger partial charge in [0.25, 0.3) is 5.91 Å². The van der Waals surface area contributed by atoms with Crippen LogP contribution in [-0.4, -0.2) is 48.1 Å². The van der Waals surface area contributed by atoms with Crippen molar-refractivity contribution in [3.05, 3.63) is 75.0 Å². The molecule has 1 fully saturated rings. The van der Waals surface area contributed by atoms with Crippen LogP contribution in [0.2, 0.25) is 10.0 Å². The predicted molar refractivity (Wildman–Crippen MR) is 125 cm³/mol. The lowest BCUT2D eigenvalue weighted by Gasteiger charge is -2.36. The van der Waals surface area contributed by atoms with Crippen LogP contribution < -0.4 is 4.90 Å². The van der Waals surface area contributed by atoms with E-state index in [0.717, 1.165) is 5.69 Å². The number of benzene rings is 3. The molecule has 1 saturated heterocycles. The van der Waals surface area contributed by atoms with Crippen molar-refractivity contribution in [3.63, 3.8) is 0 Å². The number of aliphatic carboxylic acids is 1. The summed E-state index contributed by atoms with van der Waals surface area (Å²) in [6.45, 7) is 3.82. The number of nitrogens with zero attached hydrogens (tertiary/aromatic N) is 2. The molecule has 0 spiro atoms. The molecule has 8 heteroatoms. The summed E-state index contributed by atoms with van der Waals surface area (Å²) in [6.07, 6.45) is -0.206. The molecular weight excluding hydrogens is 454 g/mol. The van der Waals surface area contributed by atoms with Gasteiger partial charge >= 0.3 is 5.97 Å². The first-order valence-corrected chi connectivity index (χ1v) is 10.9. The van der Waals surface area contributed by atoms with Gasteiger partial charge in [-0.15, -0.1) is 0 Å². The third kappa shape index (κ3) is 4.52. The Labute approximate surface area is 194 Å². The van der Waals surface area contributed by atoms with E-state index < -0.39 is 11.8 Å². The molecule has 0 bridgehead atoms. The molecular formula is C24H21Cl2FN2O3. The molecule has 0 atom stereocenters. The number of hydrogen-bond donors (Lipinski definition) is 1. The zero-order valence-electron chi connectivity index (χ0n) is 17.4. The van der Waals surface area contributed by atoms with Gasteiger partial charge in [0.15, 0.2) is 0 Å². The highest BCUT2D eigenvalue weighted by atomic mass is 35.5. The SMILES string of the molecule is Cc1c(CC(=O)O)cc2ccc(F)cc2c1C(=O)N1CCN(c2cc(Cl)cc(Cl)c2)CC1. The zero-order chi connectivity index (χ0) is 23.0. The normalized spacial score (nSPS) is 14.1. The molecule has 1 heterocycles. The van der Waals surface area contributed by atoms with Crippen molar-refractivity contribution in [1.82, 2.24) is 4.90 Å². The number of piperazine rings is 1. The van der Waals surface area contributed by atoms with E-state index in [1.165, 1.54) is 12.1 Å². The summed E-state index contributed by atoms with van der Waals surface area (Å²) in [6, 6.07) is 11.3. The molecule has 0 aromatic heterocycles. The summed E-state index contributed by atoms with van der Waals surface area (Å²) in [5, 5.41) is 11.5. The number of rotatable bonds is 4. The summed E-state index contributed by atoms with van der Waals surface area (Å²) in [4.78, 5) is 28.7. The van der Waals surface area contributed by atoms with Crippen LogP contribution in [0, 0.1) is 12.7 Å². The number of halogens is 3. The lowest BCUT2D eigenvalue weighted by molar-refractivity contribution is -0.136. The molecule has 1 N–H and O–H groups in total. The Balaban J connectivity index is 1.64. The highest BCUT2D eigenvalue weighted by Crippen LogP contribution is 2.30.